The Hall–Kier alpha value is -1.27. The Kier molecular flexibility index (Phi) is 3.97. The first kappa shape index (κ1) is 15.1. The number of anilines is 2. The van der Waals surface area contributed by atoms with Gasteiger partial charge in [0.25, 0.3) is 0 Å². The van der Waals surface area contributed by atoms with E-state index >= 15 is 0 Å². The van der Waals surface area contributed by atoms with Crippen molar-refractivity contribution < 1.29 is 8.42 Å². The minimum atomic E-state index is -3.78. The second kappa shape index (κ2) is 5.26. The molecule has 20 heavy (non-hydrogen) atoms. The van der Waals surface area contributed by atoms with Gasteiger partial charge >= 0.3 is 0 Å². The summed E-state index contributed by atoms with van der Waals surface area (Å²) in [7, 11) is -3.78. The van der Waals surface area contributed by atoms with Crippen LogP contribution in [-0.2, 0) is 10.0 Å². The molecule has 0 bridgehead atoms. The Balaban J connectivity index is 2.15. The van der Waals surface area contributed by atoms with E-state index in [1.807, 2.05) is 0 Å². The Labute approximate surface area is 120 Å². The molecule has 1 aliphatic carbocycles. The van der Waals surface area contributed by atoms with Crippen LogP contribution in [0.3, 0.4) is 0 Å². The van der Waals surface area contributed by atoms with Crippen LogP contribution in [0.1, 0.15) is 39.5 Å². The maximum atomic E-state index is 11.5. The average Bonchev–Trinajstić information content (AvgIpc) is 2.33. The van der Waals surface area contributed by atoms with Crippen LogP contribution < -0.4 is 16.2 Å². The molecule has 0 heterocycles. The van der Waals surface area contributed by atoms with Crippen LogP contribution in [0.15, 0.2) is 23.1 Å². The van der Waals surface area contributed by atoms with E-state index in [0.717, 1.165) is 25.7 Å². The number of hydrogen-bond donors (Lipinski definition) is 3. The highest BCUT2D eigenvalue weighted by Gasteiger charge is 2.27. The number of nitrogen functional groups attached to an aromatic ring is 1. The number of sulfonamides is 1. The lowest BCUT2D eigenvalue weighted by molar-refractivity contribution is 0.232. The number of hydrogen-bond acceptors (Lipinski definition) is 4. The first-order valence-electron chi connectivity index (χ1n) is 6.87. The van der Waals surface area contributed by atoms with Gasteiger partial charge in [-0.2, -0.15) is 0 Å². The lowest BCUT2D eigenvalue weighted by Gasteiger charge is -2.35. The van der Waals surface area contributed by atoms with E-state index in [1.54, 1.807) is 12.1 Å². The van der Waals surface area contributed by atoms with Gasteiger partial charge < -0.3 is 11.1 Å². The summed E-state index contributed by atoms with van der Waals surface area (Å²) in [6.45, 7) is 4.55. The lowest BCUT2D eigenvalue weighted by Crippen LogP contribution is -2.30. The van der Waals surface area contributed by atoms with E-state index in [4.69, 9.17) is 10.9 Å². The molecule has 0 spiro atoms. The fourth-order valence-electron chi connectivity index (χ4n) is 2.68. The second-order valence-corrected chi connectivity index (χ2v) is 7.88. The van der Waals surface area contributed by atoms with E-state index in [0.29, 0.717) is 17.1 Å². The van der Waals surface area contributed by atoms with Crippen molar-refractivity contribution in [3.05, 3.63) is 18.2 Å². The molecule has 0 amide bonds. The maximum Gasteiger partial charge on any atom is 0.240 e. The van der Waals surface area contributed by atoms with Gasteiger partial charge in [-0.25, -0.2) is 13.6 Å². The summed E-state index contributed by atoms with van der Waals surface area (Å²) < 4.78 is 22.9. The predicted molar refractivity (Wildman–Crippen MR) is 81.9 cm³/mol. The van der Waals surface area contributed by atoms with Crippen molar-refractivity contribution in [3.63, 3.8) is 0 Å². The van der Waals surface area contributed by atoms with Gasteiger partial charge in [-0.1, -0.05) is 19.9 Å². The van der Waals surface area contributed by atoms with Gasteiger partial charge in [-0.15, -0.1) is 0 Å². The molecule has 0 aromatic heterocycles. The quantitative estimate of drug-likeness (QED) is 0.745. The molecular weight excluding hydrogens is 274 g/mol. The summed E-state index contributed by atoms with van der Waals surface area (Å²) in [6.07, 6.45) is 4.43. The molecule has 1 aromatic carbocycles. The molecule has 5 N–H and O–H groups in total. The van der Waals surface area contributed by atoms with Crippen molar-refractivity contribution in [2.24, 2.45) is 10.6 Å². The molecule has 0 unspecified atom stereocenters. The summed E-state index contributed by atoms with van der Waals surface area (Å²) in [4.78, 5) is -0.0151. The van der Waals surface area contributed by atoms with Gasteiger partial charge in [0.15, 0.2) is 0 Å². The van der Waals surface area contributed by atoms with Crippen LogP contribution in [0.5, 0.6) is 0 Å². The summed E-state index contributed by atoms with van der Waals surface area (Å²) in [6, 6.07) is 5.22. The molecule has 1 fully saturated rings. The van der Waals surface area contributed by atoms with Crippen LogP contribution in [0, 0.1) is 5.41 Å². The third-order valence-corrected chi connectivity index (χ3v) is 5.04. The van der Waals surface area contributed by atoms with E-state index in [1.165, 1.54) is 6.07 Å². The topological polar surface area (TPSA) is 98.2 Å². The summed E-state index contributed by atoms with van der Waals surface area (Å²) in [5.41, 5.74) is 7.18. The molecule has 1 aliphatic rings. The Morgan fingerprint density at radius 3 is 2.40 bits per heavy atom. The molecule has 1 aromatic rings. The van der Waals surface area contributed by atoms with Crippen molar-refractivity contribution >= 4 is 21.4 Å². The summed E-state index contributed by atoms with van der Waals surface area (Å²) >= 11 is 0. The Morgan fingerprint density at radius 2 is 1.85 bits per heavy atom. The number of benzene rings is 1. The summed E-state index contributed by atoms with van der Waals surface area (Å²) in [5.74, 6) is 0. The van der Waals surface area contributed by atoms with Gasteiger partial charge in [0.2, 0.25) is 10.0 Å². The molecule has 0 aliphatic heterocycles. The van der Waals surface area contributed by atoms with E-state index in [2.05, 4.69) is 19.2 Å². The molecule has 5 nitrogen and oxygen atoms in total. The molecule has 6 heteroatoms. The Bertz CT molecular complexity index is 586. The van der Waals surface area contributed by atoms with Crippen LogP contribution >= 0.6 is 0 Å². The minimum Gasteiger partial charge on any atom is -0.396 e. The average molecular weight is 297 g/mol. The minimum absolute atomic E-state index is 0.0151. The van der Waals surface area contributed by atoms with Gasteiger partial charge in [0.05, 0.1) is 11.4 Å². The molecule has 1 saturated carbocycles. The third kappa shape index (κ3) is 3.43. The molecule has 112 valence electrons. The number of rotatable bonds is 3. The van der Waals surface area contributed by atoms with Crippen molar-refractivity contribution in [2.45, 2.75) is 50.5 Å². The molecule has 0 saturated heterocycles. The molecule has 0 atom stereocenters. The maximum absolute atomic E-state index is 11.5. The predicted octanol–water partition coefficient (Wildman–Crippen LogP) is 2.30. The van der Waals surface area contributed by atoms with Crippen LogP contribution in [0.2, 0.25) is 0 Å². The van der Waals surface area contributed by atoms with Gasteiger partial charge in [0.1, 0.15) is 4.90 Å². The van der Waals surface area contributed by atoms with Crippen LogP contribution in [0.25, 0.3) is 0 Å². The van der Waals surface area contributed by atoms with Crippen LogP contribution in [-0.4, -0.2) is 14.5 Å². The highest BCUT2D eigenvalue weighted by atomic mass is 32.2. The first-order valence-corrected chi connectivity index (χ1v) is 8.41. The zero-order valence-corrected chi connectivity index (χ0v) is 12.8. The van der Waals surface area contributed by atoms with E-state index in [9.17, 15) is 8.42 Å². The Morgan fingerprint density at radius 1 is 1.25 bits per heavy atom. The third-order valence-electron chi connectivity index (χ3n) is 4.07. The van der Waals surface area contributed by atoms with Gasteiger partial charge in [-0.05, 0) is 43.2 Å². The highest BCUT2D eigenvalue weighted by Crippen LogP contribution is 2.37. The smallest absolute Gasteiger partial charge is 0.240 e. The van der Waals surface area contributed by atoms with E-state index in [-0.39, 0.29) is 10.6 Å². The summed E-state index contributed by atoms with van der Waals surface area (Å²) in [5, 5.41) is 8.51. The number of nitrogens with one attached hydrogen (secondary N) is 1. The highest BCUT2D eigenvalue weighted by molar-refractivity contribution is 7.89. The van der Waals surface area contributed by atoms with Crippen molar-refractivity contribution in [1.82, 2.24) is 0 Å². The van der Waals surface area contributed by atoms with E-state index < -0.39 is 10.0 Å². The first-order chi connectivity index (χ1) is 9.19. The fourth-order valence-corrected chi connectivity index (χ4v) is 3.37. The van der Waals surface area contributed by atoms with Crippen LogP contribution in [0.4, 0.5) is 11.4 Å². The number of primary sulfonamides is 1. The number of nitrogens with two attached hydrogens (primary N) is 2. The molecule has 2 rings (SSSR count). The fraction of sp³-hybridized carbons (Fsp3) is 0.571. The molecule has 0 radical (unpaired) electrons. The van der Waals surface area contributed by atoms with Gasteiger partial charge in [-0.3, -0.25) is 0 Å². The van der Waals surface area contributed by atoms with Crippen molar-refractivity contribution in [3.8, 4) is 0 Å². The zero-order chi connectivity index (χ0) is 15.0. The van der Waals surface area contributed by atoms with Crippen molar-refractivity contribution in [1.29, 1.82) is 0 Å². The largest absolute Gasteiger partial charge is 0.396 e. The standard InChI is InChI=1S/C14H23N3O2S/c1-14(2)8-6-10(7-9-14)17-11-4-3-5-12(13(11)15)20(16,18)19/h3-5,10,17H,6-9,15H2,1-2H3,(H2,16,18,19). The van der Waals surface area contributed by atoms with Crippen molar-refractivity contribution in [2.75, 3.05) is 11.1 Å². The second-order valence-electron chi connectivity index (χ2n) is 6.35. The molecular formula is C14H23N3O2S. The normalized spacial score (nSPS) is 19.8. The van der Waals surface area contributed by atoms with Gasteiger partial charge in [0, 0.05) is 6.04 Å². The number of para-hydroxylation sites is 1. The zero-order valence-electron chi connectivity index (χ0n) is 12.0. The monoisotopic (exact) mass is 297 g/mol. The lowest BCUT2D eigenvalue weighted by atomic mass is 9.75. The SMILES string of the molecule is CC1(C)CCC(Nc2cccc(S(N)(=O)=O)c2N)CC1.